The second kappa shape index (κ2) is 7.14. The third kappa shape index (κ3) is 4.11. The maximum atomic E-state index is 2.28. The Morgan fingerprint density at radius 2 is 1.05 bits per heavy atom. The Kier molecular flexibility index (Phi) is 5.20. The first-order valence-electron chi connectivity index (χ1n) is 8.17. The van der Waals surface area contributed by atoms with E-state index < -0.39 is 0 Å². The molecule has 0 saturated heterocycles. The number of rotatable bonds is 4. The molecule has 0 atom stereocenters. The van der Waals surface area contributed by atoms with Crippen molar-refractivity contribution in [1.82, 2.24) is 0 Å². The number of aryl methyl sites for hydroxylation is 2. The Morgan fingerprint density at radius 3 is 1.45 bits per heavy atom. The second-order valence-electron chi connectivity index (χ2n) is 6.30. The fourth-order valence-electron chi connectivity index (χ4n) is 2.96. The van der Waals surface area contributed by atoms with Crippen LogP contribution in [0.3, 0.4) is 0 Å². The number of hydrogen-bond donors (Lipinski definition) is 0. The maximum absolute atomic E-state index is 2.28. The van der Waals surface area contributed by atoms with Crippen molar-refractivity contribution in [2.24, 2.45) is 0 Å². The molecule has 3 rings (SSSR count). The van der Waals surface area contributed by atoms with Gasteiger partial charge in [-0.2, -0.15) is 0 Å². The van der Waals surface area contributed by atoms with Gasteiger partial charge in [-0.1, -0.05) is 54.7 Å². The van der Waals surface area contributed by atoms with Gasteiger partial charge in [0.25, 0.3) is 0 Å². The highest BCUT2D eigenvalue weighted by molar-refractivity contribution is 8.18. The lowest BCUT2D eigenvalue weighted by Crippen LogP contribution is -2.23. The Morgan fingerprint density at radius 1 is 0.636 bits per heavy atom. The maximum Gasteiger partial charge on any atom is 0.0705 e. The van der Waals surface area contributed by atoms with Crippen LogP contribution in [-0.2, 0) is 0 Å². The van der Waals surface area contributed by atoms with Gasteiger partial charge in [-0.05, 0) is 51.0 Å². The lowest BCUT2D eigenvalue weighted by Gasteiger charge is -2.36. The average Bonchev–Trinajstić information content (AvgIpc) is 2.53. The molecule has 2 aromatic rings. The van der Waals surface area contributed by atoms with Gasteiger partial charge in [0.2, 0.25) is 0 Å². The molecule has 1 aliphatic carbocycles. The highest BCUT2D eigenvalue weighted by Gasteiger charge is 2.34. The molecule has 116 valence electrons. The standard InChI is InChI=1S/C20H24S2/c1-16-6-10-18(11-7-16)21-20(14-4-3-5-15-20)22-19-12-8-17(2)9-13-19/h6-13H,3-5,14-15H2,1-2H3. The molecule has 1 aliphatic rings. The monoisotopic (exact) mass is 328 g/mol. The summed E-state index contributed by atoms with van der Waals surface area (Å²) in [5.41, 5.74) is 2.68. The molecule has 1 saturated carbocycles. The fourth-order valence-corrected chi connectivity index (χ4v) is 6.09. The average molecular weight is 329 g/mol. The van der Waals surface area contributed by atoms with Crippen molar-refractivity contribution >= 4 is 23.5 Å². The minimum Gasteiger partial charge on any atom is -0.108 e. The van der Waals surface area contributed by atoms with E-state index in [1.165, 1.54) is 53.0 Å². The van der Waals surface area contributed by atoms with E-state index in [1.54, 1.807) is 0 Å². The Hall–Kier alpha value is -0.860. The van der Waals surface area contributed by atoms with E-state index in [4.69, 9.17) is 0 Å². The molecule has 0 amide bonds. The first kappa shape index (κ1) is 16.0. The van der Waals surface area contributed by atoms with Gasteiger partial charge >= 0.3 is 0 Å². The molecule has 0 radical (unpaired) electrons. The molecule has 0 bridgehead atoms. The Balaban J connectivity index is 1.80. The summed E-state index contributed by atoms with van der Waals surface area (Å²) in [7, 11) is 0. The quantitative estimate of drug-likeness (QED) is 0.563. The van der Waals surface area contributed by atoms with Crippen LogP contribution in [0, 0.1) is 13.8 Å². The van der Waals surface area contributed by atoms with Gasteiger partial charge in [0.05, 0.1) is 4.08 Å². The summed E-state index contributed by atoms with van der Waals surface area (Å²) in [6.07, 6.45) is 6.73. The molecular formula is C20H24S2. The van der Waals surface area contributed by atoms with Crippen molar-refractivity contribution in [3.8, 4) is 0 Å². The predicted octanol–water partition coefficient (Wildman–Crippen LogP) is 6.85. The molecule has 0 heterocycles. The molecule has 22 heavy (non-hydrogen) atoms. The first-order chi connectivity index (χ1) is 10.7. The summed E-state index contributed by atoms with van der Waals surface area (Å²) in [4.78, 5) is 2.82. The van der Waals surface area contributed by atoms with Crippen molar-refractivity contribution in [2.45, 2.75) is 59.8 Å². The fraction of sp³-hybridized carbons (Fsp3) is 0.400. The number of thioether (sulfide) groups is 2. The summed E-state index contributed by atoms with van der Waals surface area (Å²) in [6, 6.07) is 18.1. The highest BCUT2D eigenvalue weighted by Crippen LogP contribution is 2.53. The van der Waals surface area contributed by atoms with Gasteiger partial charge in [0, 0.05) is 9.79 Å². The van der Waals surface area contributed by atoms with E-state index in [-0.39, 0.29) is 0 Å². The summed E-state index contributed by atoms with van der Waals surface area (Å²) in [5.74, 6) is 0. The lowest BCUT2D eigenvalue weighted by molar-refractivity contribution is 0.490. The van der Waals surface area contributed by atoms with Crippen molar-refractivity contribution < 1.29 is 0 Å². The SMILES string of the molecule is Cc1ccc(SC2(Sc3ccc(C)cc3)CCCCC2)cc1. The van der Waals surface area contributed by atoms with E-state index in [9.17, 15) is 0 Å². The van der Waals surface area contributed by atoms with Gasteiger partial charge in [-0.3, -0.25) is 0 Å². The molecule has 0 N–H and O–H groups in total. The molecule has 1 fully saturated rings. The van der Waals surface area contributed by atoms with Crippen LogP contribution in [0.1, 0.15) is 43.2 Å². The van der Waals surface area contributed by atoms with Crippen LogP contribution in [0.4, 0.5) is 0 Å². The highest BCUT2D eigenvalue weighted by atomic mass is 32.2. The minimum absolute atomic E-state index is 0.308. The van der Waals surface area contributed by atoms with Crippen LogP contribution in [0.2, 0.25) is 0 Å². The third-order valence-corrected chi connectivity index (χ3v) is 7.34. The zero-order valence-electron chi connectivity index (χ0n) is 13.5. The third-order valence-electron chi connectivity index (χ3n) is 4.27. The molecule has 0 aromatic heterocycles. The zero-order valence-corrected chi connectivity index (χ0v) is 15.1. The molecule has 0 spiro atoms. The summed E-state index contributed by atoms with van der Waals surface area (Å²) >= 11 is 4.17. The van der Waals surface area contributed by atoms with E-state index >= 15 is 0 Å². The molecule has 0 aliphatic heterocycles. The van der Waals surface area contributed by atoms with Crippen molar-refractivity contribution in [1.29, 1.82) is 0 Å². The van der Waals surface area contributed by atoms with Crippen molar-refractivity contribution in [3.05, 3.63) is 59.7 Å². The van der Waals surface area contributed by atoms with Crippen LogP contribution in [0.5, 0.6) is 0 Å². The molecular weight excluding hydrogens is 304 g/mol. The van der Waals surface area contributed by atoms with Crippen LogP contribution in [0.25, 0.3) is 0 Å². The molecule has 0 unspecified atom stereocenters. The minimum atomic E-state index is 0.308. The summed E-state index contributed by atoms with van der Waals surface area (Å²) in [6.45, 7) is 4.32. The van der Waals surface area contributed by atoms with Crippen LogP contribution >= 0.6 is 23.5 Å². The largest absolute Gasteiger partial charge is 0.108 e. The molecule has 0 nitrogen and oxygen atoms in total. The van der Waals surface area contributed by atoms with Crippen LogP contribution in [-0.4, -0.2) is 4.08 Å². The predicted molar refractivity (Wildman–Crippen MR) is 99.9 cm³/mol. The number of benzene rings is 2. The first-order valence-corrected chi connectivity index (χ1v) is 9.80. The van der Waals surface area contributed by atoms with Crippen molar-refractivity contribution in [3.63, 3.8) is 0 Å². The van der Waals surface area contributed by atoms with E-state index in [0.717, 1.165) is 0 Å². The van der Waals surface area contributed by atoms with E-state index in [0.29, 0.717) is 4.08 Å². The van der Waals surface area contributed by atoms with Gasteiger partial charge in [-0.15, -0.1) is 23.5 Å². The lowest BCUT2D eigenvalue weighted by atomic mass is 10.00. The normalized spacial score (nSPS) is 17.4. The molecule has 2 heteroatoms. The van der Waals surface area contributed by atoms with Crippen LogP contribution in [0.15, 0.2) is 58.3 Å². The number of hydrogen-bond acceptors (Lipinski definition) is 2. The topological polar surface area (TPSA) is 0 Å². The Labute approximate surface area is 143 Å². The Bertz CT molecular complexity index is 543. The van der Waals surface area contributed by atoms with Gasteiger partial charge < -0.3 is 0 Å². The zero-order chi connectivity index (χ0) is 15.4. The second-order valence-corrected chi connectivity index (χ2v) is 9.47. The van der Waals surface area contributed by atoms with Gasteiger partial charge in [0.15, 0.2) is 0 Å². The molecule has 2 aromatic carbocycles. The summed E-state index contributed by atoms with van der Waals surface area (Å²) < 4.78 is 0.308. The van der Waals surface area contributed by atoms with E-state index in [1.807, 2.05) is 0 Å². The van der Waals surface area contributed by atoms with Gasteiger partial charge in [-0.25, -0.2) is 0 Å². The van der Waals surface area contributed by atoms with Crippen LogP contribution < -0.4 is 0 Å². The van der Waals surface area contributed by atoms with Gasteiger partial charge in [0.1, 0.15) is 0 Å². The van der Waals surface area contributed by atoms with E-state index in [2.05, 4.69) is 85.9 Å². The summed E-state index contributed by atoms with van der Waals surface area (Å²) in [5, 5.41) is 0. The van der Waals surface area contributed by atoms with Crippen molar-refractivity contribution in [2.75, 3.05) is 0 Å². The smallest absolute Gasteiger partial charge is 0.0705 e.